The molecule has 3 unspecified atom stereocenters. The number of carbonyl (C=O) groups excluding carboxylic acids is 2. The molecule has 0 aromatic heterocycles. The van der Waals surface area contributed by atoms with Gasteiger partial charge in [-0.25, -0.2) is 0 Å². The first-order valence-electron chi connectivity index (χ1n) is 11.3. The van der Waals surface area contributed by atoms with Crippen LogP contribution in [0.2, 0.25) is 0 Å². The van der Waals surface area contributed by atoms with Crippen molar-refractivity contribution in [2.45, 2.75) is 109 Å². The Kier molecular flexibility index (Phi) is 7.55. The minimum absolute atomic E-state index is 0.299. The zero-order valence-electron chi connectivity index (χ0n) is 16.1. The van der Waals surface area contributed by atoms with Gasteiger partial charge in [-0.2, -0.15) is 0 Å². The van der Waals surface area contributed by atoms with E-state index in [0.717, 1.165) is 31.6 Å². The van der Waals surface area contributed by atoms with Gasteiger partial charge < -0.3 is 0 Å². The van der Waals surface area contributed by atoms with E-state index in [1.54, 1.807) is 0 Å². The summed E-state index contributed by atoms with van der Waals surface area (Å²) in [5.74, 6) is 3.07. The van der Waals surface area contributed by atoms with E-state index < -0.39 is 0 Å². The van der Waals surface area contributed by atoms with Crippen molar-refractivity contribution in [3.63, 3.8) is 0 Å². The first-order valence-corrected chi connectivity index (χ1v) is 11.3. The van der Waals surface area contributed by atoms with Crippen molar-refractivity contribution < 1.29 is 9.59 Å². The van der Waals surface area contributed by atoms with Crippen LogP contribution >= 0.6 is 0 Å². The summed E-state index contributed by atoms with van der Waals surface area (Å²) in [6.07, 6.45) is 19.8. The van der Waals surface area contributed by atoms with Gasteiger partial charge in [-0.3, -0.25) is 9.59 Å². The molecule has 0 aromatic carbocycles. The zero-order chi connectivity index (χ0) is 17.5. The average Bonchev–Trinajstić information content (AvgIpc) is 2.60. The van der Waals surface area contributed by atoms with E-state index in [2.05, 4.69) is 0 Å². The maximum absolute atomic E-state index is 12.8. The van der Waals surface area contributed by atoms with Crippen LogP contribution in [-0.4, -0.2) is 11.6 Å². The molecular formula is C23H38O2. The molecule has 0 saturated heterocycles. The number of ketones is 2. The molecule has 0 spiro atoms. The second-order valence-electron chi connectivity index (χ2n) is 9.07. The molecule has 0 radical (unpaired) electrons. The highest BCUT2D eigenvalue weighted by Gasteiger charge is 2.37. The Morgan fingerprint density at radius 3 is 2.00 bits per heavy atom. The van der Waals surface area contributed by atoms with E-state index in [-0.39, 0.29) is 0 Å². The molecule has 0 amide bonds. The fourth-order valence-electron chi connectivity index (χ4n) is 5.94. The average molecular weight is 347 g/mol. The minimum atomic E-state index is 0.299. The molecule has 3 aliphatic rings. The Morgan fingerprint density at radius 2 is 1.20 bits per heavy atom. The molecular weight excluding hydrogens is 308 g/mol. The van der Waals surface area contributed by atoms with Crippen molar-refractivity contribution in [1.29, 1.82) is 0 Å². The monoisotopic (exact) mass is 346 g/mol. The molecule has 3 rings (SSSR count). The minimum Gasteiger partial charge on any atom is -0.299 e. The number of carbonyl (C=O) groups is 2. The predicted molar refractivity (Wildman–Crippen MR) is 102 cm³/mol. The Labute approximate surface area is 154 Å². The topological polar surface area (TPSA) is 34.1 Å². The van der Waals surface area contributed by atoms with E-state index in [1.165, 1.54) is 70.6 Å². The number of fused-ring (bicyclic) bond motifs is 1. The van der Waals surface area contributed by atoms with Crippen molar-refractivity contribution in [3.8, 4) is 0 Å². The summed E-state index contributed by atoms with van der Waals surface area (Å²) >= 11 is 0. The zero-order valence-corrected chi connectivity index (χ0v) is 16.1. The molecule has 2 heteroatoms. The molecule has 3 aliphatic carbocycles. The van der Waals surface area contributed by atoms with Crippen LogP contribution in [-0.2, 0) is 9.59 Å². The van der Waals surface area contributed by atoms with Gasteiger partial charge in [0.1, 0.15) is 11.6 Å². The number of hydrogen-bond acceptors (Lipinski definition) is 2. The smallest absolute Gasteiger partial charge is 0.136 e. The third-order valence-electron chi connectivity index (χ3n) is 7.40. The van der Waals surface area contributed by atoms with Crippen molar-refractivity contribution >= 4 is 11.6 Å². The molecule has 2 nitrogen and oxygen atoms in total. The van der Waals surface area contributed by atoms with Crippen LogP contribution in [0.25, 0.3) is 0 Å². The normalized spacial score (nSPS) is 31.6. The largest absolute Gasteiger partial charge is 0.299 e. The van der Waals surface area contributed by atoms with Gasteiger partial charge in [0.05, 0.1) is 0 Å². The van der Waals surface area contributed by atoms with Crippen LogP contribution in [0, 0.1) is 23.7 Å². The molecule has 3 atom stereocenters. The SMILES string of the molecule is O=C(CCCC(=O)C1CCCC2CCCCC21)C1CCCCCCC1. The Morgan fingerprint density at radius 1 is 0.600 bits per heavy atom. The molecule has 3 saturated carbocycles. The molecule has 0 N–H and O–H groups in total. The number of rotatable bonds is 6. The molecule has 3 fully saturated rings. The molecule has 142 valence electrons. The highest BCUT2D eigenvalue weighted by atomic mass is 16.1. The molecule has 0 bridgehead atoms. The summed E-state index contributed by atoms with van der Waals surface area (Å²) in [6, 6.07) is 0. The molecule has 0 aliphatic heterocycles. The van der Waals surface area contributed by atoms with Gasteiger partial charge in [0, 0.05) is 24.7 Å². The lowest BCUT2D eigenvalue weighted by Crippen LogP contribution is -2.35. The van der Waals surface area contributed by atoms with E-state index in [0.29, 0.717) is 42.2 Å². The predicted octanol–water partition coefficient (Wildman–Crippen LogP) is 6.26. The first kappa shape index (κ1) is 19.1. The van der Waals surface area contributed by atoms with E-state index in [1.807, 2.05) is 0 Å². The highest BCUT2D eigenvalue weighted by molar-refractivity contribution is 5.84. The Bertz CT molecular complexity index is 431. The van der Waals surface area contributed by atoms with Gasteiger partial charge in [-0.15, -0.1) is 0 Å². The standard InChI is InChI=1S/C23H38O2/c24-22(19-11-4-2-1-3-5-12-19)16-9-17-23(25)21-15-8-13-18-10-6-7-14-20(18)21/h18-21H,1-17H2. The van der Waals surface area contributed by atoms with E-state index >= 15 is 0 Å². The van der Waals surface area contributed by atoms with E-state index in [9.17, 15) is 9.59 Å². The highest BCUT2D eigenvalue weighted by Crippen LogP contribution is 2.44. The third kappa shape index (κ3) is 5.41. The summed E-state index contributed by atoms with van der Waals surface area (Å²) in [6.45, 7) is 0. The summed E-state index contributed by atoms with van der Waals surface area (Å²) in [7, 11) is 0. The van der Waals surface area contributed by atoms with Crippen LogP contribution in [0.4, 0.5) is 0 Å². The van der Waals surface area contributed by atoms with Crippen LogP contribution in [0.5, 0.6) is 0 Å². The van der Waals surface area contributed by atoms with Crippen LogP contribution in [0.15, 0.2) is 0 Å². The van der Waals surface area contributed by atoms with Gasteiger partial charge in [-0.1, -0.05) is 64.2 Å². The fourth-order valence-corrected chi connectivity index (χ4v) is 5.94. The lowest BCUT2D eigenvalue weighted by atomic mass is 9.64. The van der Waals surface area contributed by atoms with Gasteiger partial charge in [0.15, 0.2) is 0 Å². The quantitative estimate of drug-likeness (QED) is 0.568. The molecule has 0 heterocycles. The Hall–Kier alpha value is -0.660. The van der Waals surface area contributed by atoms with Crippen molar-refractivity contribution in [2.75, 3.05) is 0 Å². The van der Waals surface area contributed by atoms with Crippen LogP contribution in [0.1, 0.15) is 109 Å². The van der Waals surface area contributed by atoms with Crippen LogP contribution in [0.3, 0.4) is 0 Å². The maximum Gasteiger partial charge on any atom is 0.136 e. The summed E-state index contributed by atoms with van der Waals surface area (Å²) < 4.78 is 0. The van der Waals surface area contributed by atoms with Gasteiger partial charge >= 0.3 is 0 Å². The second kappa shape index (κ2) is 9.88. The molecule has 25 heavy (non-hydrogen) atoms. The van der Waals surface area contributed by atoms with Crippen molar-refractivity contribution in [2.24, 2.45) is 23.7 Å². The Balaban J connectivity index is 1.41. The van der Waals surface area contributed by atoms with Gasteiger partial charge in [0.2, 0.25) is 0 Å². The van der Waals surface area contributed by atoms with Crippen molar-refractivity contribution in [1.82, 2.24) is 0 Å². The summed E-state index contributed by atoms with van der Waals surface area (Å²) in [5.41, 5.74) is 0. The lowest BCUT2D eigenvalue weighted by molar-refractivity contribution is -0.127. The van der Waals surface area contributed by atoms with Gasteiger partial charge in [0.25, 0.3) is 0 Å². The van der Waals surface area contributed by atoms with Crippen LogP contribution < -0.4 is 0 Å². The molecule has 0 aromatic rings. The van der Waals surface area contributed by atoms with Gasteiger partial charge in [-0.05, 0) is 43.9 Å². The second-order valence-corrected chi connectivity index (χ2v) is 9.07. The summed E-state index contributed by atoms with van der Waals surface area (Å²) in [4.78, 5) is 25.3. The summed E-state index contributed by atoms with van der Waals surface area (Å²) in [5, 5.41) is 0. The lowest BCUT2D eigenvalue weighted by Gasteiger charge is -2.40. The van der Waals surface area contributed by atoms with Crippen molar-refractivity contribution in [3.05, 3.63) is 0 Å². The van der Waals surface area contributed by atoms with E-state index in [4.69, 9.17) is 0 Å². The number of hydrogen-bond donors (Lipinski definition) is 0. The maximum atomic E-state index is 12.8. The number of Topliss-reactive ketones (excluding diaryl/α,β-unsaturated/α-hetero) is 2. The third-order valence-corrected chi connectivity index (χ3v) is 7.40. The first-order chi connectivity index (χ1) is 12.3. The fraction of sp³-hybridized carbons (Fsp3) is 0.913.